The molecule has 3 nitrogen and oxygen atoms in total. The average Bonchev–Trinajstić information content (AvgIpc) is 2.47. The fourth-order valence-corrected chi connectivity index (χ4v) is 2.55. The van der Waals surface area contributed by atoms with Crippen LogP contribution in [-0.2, 0) is 13.0 Å². The summed E-state index contributed by atoms with van der Waals surface area (Å²) in [5, 5.41) is 0. The van der Waals surface area contributed by atoms with Gasteiger partial charge in [0.25, 0.3) is 5.91 Å². The second-order valence-corrected chi connectivity index (χ2v) is 4.95. The van der Waals surface area contributed by atoms with Crippen molar-refractivity contribution in [2.45, 2.75) is 13.0 Å². The van der Waals surface area contributed by atoms with E-state index in [0.29, 0.717) is 17.7 Å². The fraction of sp³-hybridized carbons (Fsp3) is 0.188. The minimum absolute atomic E-state index is 0.0475. The zero-order chi connectivity index (χ0) is 14.1. The van der Waals surface area contributed by atoms with E-state index in [1.54, 1.807) is 17.0 Å². The molecule has 0 fully saturated rings. The van der Waals surface area contributed by atoms with Crippen molar-refractivity contribution in [2.24, 2.45) is 0 Å². The molecule has 3 rings (SSSR count). The van der Waals surface area contributed by atoms with E-state index >= 15 is 0 Å². The van der Waals surface area contributed by atoms with Crippen LogP contribution in [0.4, 0.5) is 10.1 Å². The van der Waals surface area contributed by atoms with Crippen molar-refractivity contribution < 1.29 is 9.18 Å². The Bertz CT molecular complexity index is 669. The number of hydrogen-bond donors (Lipinski definition) is 1. The Morgan fingerprint density at radius 1 is 1.15 bits per heavy atom. The molecule has 0 unspecified atom stereocenters. The van der Waals surface area contributed by atoms with E-state index in [1.807, 2.05) is 24.3 Å². The molecule has 1 aliphatic rings. The predicted molar refractivity (Wildman–Crippen MR) is 75.7 cm³/mol. The Labute approximate surface area is 116 Å². The second-order valence-electron chi connectivity index (χ2n) is 4.95. The molecule has 20 heavy (non-hydrogen) atoms. The van der Waals surface area contributed by atoms with E-state index in [9.17, 15) is 9.18 Å². The highest BCUT2D eigenvalue weighted by atomic mass is 19.1. The number of carbonyl (C=O) groups excluding carboxylic acids is 1. The first-order valence-corrected chi connectivity index (χ1v) is 6.57. The standard InChI is InChI=1S/C16H15FN2O/c17-15-12(5-3-7-14(15)18)10-19-9-8-11-4-1-2-6-13(11)16(19)20/h1-7H,8-10,18H2. The molecule has 2 aromatic carbocycles. The topological polar surface area (TPSA) is 46.3 Å². The van der Waals surface area contributed by atoms with E-state index in [1.165, 1.54) is 6.07 Å². The molecule has 0 atom stereocenters. The molecule has 2 N–H and O–H groups in total. The number of nitrogens with two attached hydrogens (primary N) is 1. The second kappa shape index (κ2) is 4.96. The first-order valence-electron chi connectivity index (χ1n) is 6.57. The van der Waals surface area contributed by atoms with Gasteiger partial charge in [-0.05, 0) is 24.1 Å². The van der Waals surface area contributed by atoms with Gasteiger partial charge in [-0.2, -0.15) is 0 Å². The third kappa shape index (κ3) is 2.13. The molecule has 0 bridgehead atoms. The predicted octanol–water partition coefficient (Wildman–Crippen LogP) is 2.61. The van der Waals surface area contributed by atoms with Crippen LogP contribution in [0.2, 0.25) is 0 Å². The first kappa shape index (κ1) is 12.7. The van der Waals surface area contributed by atoms with Gasteiger partial charge in [0, 0.05) is 24.2 Å². The molecular weight excluding hydrogens is 255 g/mol. The lowest BCUT2D eigenvalue weighted by Crippen LogP contribution is -2.37. The van der Waals surface area contributed by atoms with Gasteiger partial charge in [0.2, 0.25) is 0 Å². The SMILES string of the molecule is Nc1cccc(CN2CCc3ccccc3C2=O)c1F. The molecule has 0 radical (unpaired) electrons. The quantitative estimate of drug-likeness (QED) is 0.853. The summed E-state index contributed by atoms with van der Waals surface area (Å²) >= 11 is 0. The van der Waals surface area contributed by atoms with Crippen LogP contribution in [0, 0.1) is 5.82 Å². The van der Waals surface area contributed by atoms with Gasteiger partial charge in [-0.25, -0.2) is 4.39 Å². The summed E-state index contributed by atoms with van der Waals surface area (Å²) in [4.78, 5) is 14.1. The Hall–Kier alpha value is -2.36. The molecule has 4 heteroatoms. The molecule has 1 heterocycles. The minimum atomic E-state index is -0.431. The average molecular weight is 270 g/mol. The zero-order valence-electron chi connectivity index (χ0n) is 11.0. The number of hydrogen-bond acceptors (Lipinski definition) is 2. The molecule has 102 valence electrons. The fourth-order valence-electron chi connectivity index (χ4n) is 2.55. The van der Waals surface area contributed by atoms with Crippen molar-refractivity contribution in [3.05, 3.63) is 65.0 Å². The number of fused-ring (bicyclic) bond motifs is 1. The smallest absolute Gasteiger partial charge is 0.254 e. The highest BCUT2D eigenvalue weighted by Gasteiger charge is 2.24. The maximum absolute atomic E-state index is 13.9. The van der Waals surface area contributed by atoms with Crippen molar-refractivity contribution in [1.82, 2.24) is 4.90 Å². The van der Waals surface area contributed by atoms with Gasteiger partial charge in [0.05, 0.1) is 5.69 Å². The monoisotopic (exact) mass is 270 g/mol. The Morgan fingerprint density at radius 2 is 1.95 bits per heavy atom. The van der Waals surface area contributed by atoms with Gasteiger partial charge in [-0.1, -0.05) is 30.3 Å². The summed E-state index contributed by atoms with van der Waals surface area (Å²) in [5.74, 6) is -0.479. The number of benzene rings is 2. The highest BCUT2D eigenvalue weighted by Crippen LogP contribution is 2.22. The van der Waals surface area contributed by atoms with Crippen molar-refractivity contribution in [3.63, 3.8) is 0 Å². The number of halogens is 1. The normalized spacial score (nSPS) is 14.2. The minimum Gasteiger partial charge on any atom is -0.396 e. The molecular formula is C16H15FN2O. The molecule has 0 spiro atoms. The number of nitrogens with zero attached hydrogens (tertiary/aromatic N) is 1. The van der Waals surface area contributed by atoms with E-state index in [-0.39, 0.29) is 18.1 Å². The number of carbonyl (C=O) groups is 1. The van der Waals surface area contributed by atoms with Crippen LogP contribution in [0.3, 0.4) is 0 Å². The van der Waals surface area contributed by atoms with Gasteiger partial charge < -0.3 is 10.6 Å². The van der Waals surface area contributed by atoms with Crippen LogP contribution in [-0.4, -0.2) is 17.4 Å². The van der Waals surface area contributed by atoms with Crippen molar-refractivity contribution in [3.8, 4) is 0 Å². The van der Waals surface area contributed by atoms with Crippen LogP contribution in [0.25, 0.3) is 0 Å². The third-order valence-corrected chi connectivity index (χ3v) is 3.66. The van der Waals surface area contributed by atoms with Crippen molar-refractivity contribution >= 4 is 11.6 Å². The largest absolute Gasteiger partial charge is 0.396 e. The third-order valence-electron chi connectivity index (χ3n) is 3.66. The number of rotatable bonds is 2. The maximum atomic E-state index is 13.9. The summed E-state index contributed by atoms with van der Waals surface area (Å²) in [6.45, 7) is 0.855. The summed E-state index contributed by atoms with van der Waals surface area (Å²) in [6, 6.07) is 12.5. The summed E-state index contributed by atoms with van der Waals surface area (Å²) < 4.78 is 13.9. The number of amides is 1. The van der Waals surface area contributed by atoms with E-state index < -0.39 is 5.82 Å². The van der Waals surface area contributed by atoms with Gasteiger partial charge in [0.1, 0.15) is 0 Å². The van der Waals surface area contributed by atoms with Gasteiger partial charge in [0.15, 0.2) is 5.82 Å². The molecule has 0 saturated carbocycles. The lowest BCUT2D eigenvalue weighted by molar-refractivity contribution is 0.0725. The first-order chi connectivity index (χ1) is 9.66. The van der Waals surface area contributed by atoms with E-state index in [4.69, 9.17) is 5.73 Å². The van der Waals surface area contributed by atoms with Crippen LogP contribution in [0.5, 0.6) is 0 Å². The van der Waals surface area contributed by atoms with Crippen molar-refractivity contribution in [1.29, 1.82) is 0 Å². The highest BCUT2D eigenvalue weighted by molar-refractivity contribution is 5.96. The molecule has 0 aromatic heterocycles. The lowest BCUT2D eigenvalue weighted by Gasteiger charge is -2.28. The zero-order valence-corrected chi connectivity index (χ0v) is 11.0. The molecule has 1 amide bonds. The van der Waals surface area contributed by atoms with Crippen LogP contribution < -0.4 is 5.73 Å². The van der Waals surface area contributed by atoms with Gasteiger partial charge in [-0.15, -0.1) is 0 Å². The van der Waals surface area contributed by atoms with Gasteiger partial charge in [-0.3, -0.25) is 4.79 Å². The molecule has 0 aliphatic carbocycles. The van der Waals surface area contributed by atoms with Crippen molar-refractivity contribution in [2.75, 3.05) is 12.3 Å². The number of anilines is 1. The molecule has 0 saturated heterocycles. The number of nitrogen functional groups attached to an aromatic ring is 1. The Balaban J connectivity index is 1.87. The van der Waals surface area contributed by atoms with E-state index in [2.05, 4.69) is 0 Å². The molecule has 2 aromatic rings. The summed E-state index contributed by atoms with van der Waals surface area (Å²) in [5.41, 5.74) is 7.90. The Morgan fingerprint density at radius 3 is 2.80 bits per heavy atom. The maximum Gasteiger partial charge on any atom is 0.254 e. The van der Waals surface area contributed by atoms with E-state index in [0.717, 1.165) is 12.0 Å². The van der Waals surface area contributed by atoms with Gasteiger partial charge >= 0.3 is 0 Å². The molecule has 1 aliphatic heterocycles. The van der Waals surface area contributed by atoms with Crippen LogP contribution in [0.15, 0.2) is 42.5 Å². The summed E-state index contributed by atoms with van der Waals surface area (Å²) in [7, 11) is 0. The summed E-state index contributed by atoms with van der Waals surface area (Å²) in [6.07, 6.45) is 0.797. The van der Waals surface area contributed by atoms with Crippen LogP contribution in [0.1, 0.15) is 21.5 Å². The Kier molecular flexibility index (Phi) is 3.14. The lowest BCUT2D eigenvalue weighted by atomic mass is 9.98. The van der Waals surface area contributed by atoms with Crippen LogP contribution >= 0.6 is 0 Å².